The molecule has 0 unspecified atom stereocenters. The molecule has 2 aromatic carbocycles. The first-order valence-electron chi connectivity index (χ1n) is 7.49. The largest absolute Gasteiger partial charge is 0.478 e. The number of nitrogens with zero attached hydrogens (tertiary/aromatic N) is 1. The molecular weight excluding hydrogens is 357 g/mol. The van der Waals surface area contributed by atoms with Gasteiger partial charge in [0.25, 0.3) is 0 Å². The molecule has 0 aliphatic rings. The third kappa shape index (κ3) is 3.51. The zero-order valence-corrected chi connectivity index (χ0v) is 14.0. The number of allylic oxidation sites excluding steroid dienone is 1. The van der Waals surface area contributed by atoms with Gasteiger partial charge in [-0.1, -0.05) is 29.8 Å². The second kappa shape index (κ2) is 7.26. The van der Waals surface area contributed by atoms with Crippen molar-refractivity contribution < 1.29 is 18.7 Å². The van der Waals surface area contributed by atoms with Gasteiger partial charge in [-0.15, -0.1) is 0 Å². The van der Waals surface area contributed by atoms with Crippen molar-refractivity contribution in [1.82, 2.24) is 0 Å². The molecule has 0 aliphatic heterocycles. The third-order valence-corrected chi connectivity index (χ3v) is 4.01. The number of carbonyl (C=O) groups is 1. The van der Waals surface area contributed by atoms with Crippen LogP contribution in [0.25, 0.3) is 23.0 Å². The molecule has 4 nitrogen and oxygen atoms in total. The van der Waals surface area contributed by atoms with Crippen molar-refractivity contribution in [3.05, 3.63) is 82.3 Å². The van der Waals surface area contributed by atoms with E-state index in [-0.39, 0.29) is 16.7 Å². The minimum atomic E-state index is -1.08. The first-order chi connectivity index (χ1) is 12.5. The Bertz CT molecular complexity index is 1060. The molecule has 3 rings (SSSR count). The fourth-order valence-corrected chi connectivity index (χ4v) is 2.63. The van der Waals surface area contributed by atoms with E-state index in [1.807, 2.05) is 6.07 Å². The second-order valence-corrected chi connectivity index (χ2v) is 5.76. The SMILES string of the molecule is N#CC(=Cc1ccc(-c2cc(C(=O)O)ccc2Cl)o1)c1ccccc1F. The number of rotatable bonds is 4. The summed E-state index contributed by atoms with van der Waals surface area (Å²) in [6.07, 6.45) is 1.41. The molecule has 0 aliphatic carbocycles. The van der Waals surface area contributed by atoms with Crippen LogP contribution in [0, 0.1) is 17.1 Å². The number of carboxylic acid groups (broad SMARTS) is 1. The Morgan fingerprint density at radius 3 is 2.65 bits per heavy atom. The summed E-state index contributed by atoms with van der Waals surface area (Å²) in [5.41, 5.74) is 0.755. The number of halogens is 2. The molecule has 1 heterocycles. The lowest BCUT2D eigenvalue weighted by molar-refractivity contribution is 0.0697. The fourth-order valence-electron chi connectivity index (χ4n) is 2.41. The maximum absolute atomic E-state index is 13.9. The molecule has 0 saturated heterocycles. The summed E-state index contributed by atoms with van der Waals surface area (Å²) in [5, 5.41) is 18.7. The molecule has 6 heteroatoms. The van der Waals surface area contributed by atoms with Gasteiger partial charge >= 0.3 is 5.97 Å². The van der Waals surface area contributed by atoms with E-state index in [1.165, 1.54) is 42.5 Å². The molecule has 0 radical (unpaired) electrons. The zero-order chi connectivity index (χ0) is 18.7. The van der Waals surface area contributed by atoms with Gasteiger partial charge in [-0.05, 0) is 42.5 Å². The van der Waals surface area contributed by atoms with Crippen molar-refractivity contribution in [3.63, 3.8) is 0 Å². The standard InChI is InChI=1S/C20H11ClFNO3/c21-17-7-5-12(20(24)25)10-16(17)19-8-6-14(26-19)9-13(11-23)15-3-1-2-4-18(15)22/h1-10H,(H,24,25). The van der Waals surface area contributed by atoms with Crippen LogP contribution < -0.4 is 0 Å². The first kappa shape index (κ1) is 17.5. The van der Waals surface area contributed by atoms with Crippen molar-refractivity contribution in [3.8, 4) is 17.4 Å². The lowest BCUT2D eigenvalue weighted by atomic mass is 10.1. The summed E-state index contributed by atoms with van der Waals surface area (Å²) in [6.45, 7) is 0. The van der Waals surface area contributed by atoms with Gasteiger partial charge < -0.3 is 9.52 Å². The Labute approximate surface area is 153 Å². The van der Waals surface area contributed by atoms with Gasteiger partial charge in [0, 0.05) is 11.1 Å². The van der Waals surface area contributed by atoms with E-state index >= 15 is 0 Å². The van der Waals surface area contributed by atoms with E-state index in [9.17, 15) is 14.4 Å². The highest BCUT2D eigenvalue weighted by atomic mass is 35.5. The van der Waals surface area contributed by atoms with Crippen LogP contribution in [0.5, 0.6) is 0 Å². The molecule has 1 N–H and O–H groups in total. The van der Waals surface area contributed by atoms with Crippen LogP contribution >= 0.6 is 11.6 Å². The van der Waals surface area contributed by atoms with Crippen LogP contribution in [0.2, 0.25) is 5.02 Å². The van der Waals surface area contributed by atoms with Crippen molar-refractivity contribution in [2.75, 3.05) is 0 Å². The summed E-state index contributed by atoms with van der Waals surface area (Å²) in [6, 6.07) is 15.4. The van der Waals surface area contributed by atoms with Gasteiger partial charge in [-0.2, -0.15) is 5.26 Å². The molecule has 0 atom stereocenters. The van der Waals surface area contributed by atoms with E-state index < -0.39 is 11.8 Å². The fraction of sp³-hybridized carbons (Fsp3) is 0. The summed E-state index contributed by atoms with van der Waals surface area (Å²) < 4.78 is 19.5. The Morgan fingerprint density at radius 1 is 1.19 bits per heavy atom. The maximum atomic E-state index is 13.9. The number of benzene rings is 2. The molecular formula is C20H11ClFNO3. The Morgan fingerprint density at radius 2 is 1.96 bits per heavy atom. The first-order valence-corrected chi connectivity index (χ1v) is 7.87. The molecule has 128 valence electrons. The Balaban J connectivity index is 2.01. The van der Waals surface area contributed by atoms with Crippen molar-refractivity contribution >= 4 is 29.2 Å². The predicted molar refractivity (Wildman–Crippen MR) is 96.0 cm³/mol. The van der Waals surface area contributed by atoms with Crippen LogP contribution in [-0.2, 0) is 0 Å². The van der Waals surface area contributed by atoms with Crippen LogP contribution in [0.4, 0.5) is 4.39 Å². The lowest BCUT2D eigenvalue weighted by Crippen LogP contribution is -1.96. The minimum absolute atomic E-state index is 0.0713. The van der Waals surface area contributed by atoms with Gasteiger partial charge in [0.05, 0.1) is 22.2 Å². The van der Waals surface area contributed by atoms with E-state index in [1.54, 1.807) is 18.2 Å². The van der Waals surface area contributed by atoms with Gasteiger partial charge in [-0.25, -0.2) is 9.18 Å². The summed E-state index contributed by atoms with van der Waals surface area (Å²) in [7, 11) is 0. The number of nitriles is 1. The molecule has 1 aromatic heterocycles. The zero-order valence-electron chi connectivity index (χ0n) is 13.2. The van der Waals surface area contributed by atoms with E-state index in [4.69, 9.17) is 21.1 Å². The highest BCUT2D eigenvalue weighted by Crippen LogP contribution is 2.31. The van der Waals surface area contributed by atoms with Gasteiger partial charge in [-0.3, -0.25) is 0 Å². The smallest absolute Gasteiger partial charge is 0.335 e. The quantitative estimate of drug-likeness (QED) is 0.618. The lowest BCUT2D eigenvalue weighted by Gasteiger charge is -2.03. The number of hydrogen-bond acceptors (Lipinski definition) is 3. The third-order valence-electron chi connectivity index (χ3n) is 3.68. The van der Waals surface area contributed by atoms with E-state index in [0.29, 0.717) is 22.1 Å². The van der Waals surface area contributed by atoms with Gasteiger partial charge in [0.15, 0.2) is 0 Å². The predicted octanol–water partition coefficient (Wildman–Crippen LogP) is 5.50. The Hall–Kier alpha value is -3.36. The van der Waals surface area contributed by atoms with Crippen LogP contribution in [0.1, 0.15) is 21.7 Å². The van der Waals surface area contributed by atoms with Gasteiger partial charge in [0.2, 0.25) is 0 Å². The number of carboxylic acids is 1. The molecule has 0 spiro atoms. The molecule has 0 fully saturated rings. The summed E-state index contributed by atoms with van der Waals surface area (Å²) >= 11 is 6.12. The minimum Gasteiger partial charge on any atom is -0.478 e. The van der Waals surface area contributed by atoms with Gasteiger partial charge in [0.1, 0.15) is 17.3 Å². The summed E-state index contributed by atoms with van der Waals surface area (Å²) in [4.78, 5) is 11.1. The average molecular weight is 368 g/mol. The number of aromatic carboxylic acids is 1. The average Bonchev–Trinajstić information content (AvgIpc) is 3.09. The van der Waals surface area contributed by atoms with Crippen molar-refractivity contribution in [2.24, 2.45) is 0 Å². The molecule has 0 bridgehead atoms. The van der Waals surface area contributed by atoms with Crippen molar-refractivity contribution in [1.29, 1.82) is 5.26 Å². The van der Waals surface area contributed by atoms with E-state index in [0.717, 1.165) is 0 Å². The normalized spacial score (nSPS) is 11.2. The topological polar surface area (TPSA) is 74.2 Å². The second-order valence-electron chi connectivity index (χ2n) is 5.35. The highest BCUT2D eigenvalue weighted by molar-refractivity contribution is 6.33. The van der Waals surface area contributed by atoms with Crippen LogP contribution in [-0.4, -0.2) is 11.1 Å². The van der Waals surface area contributed by atoms with E-state index in [2.05, 4.69) is 0 Å². The molecule has 26 heavy (non-hydrogen) atoms. The van der Waals surface area contributed by atoms with Crippen LogP contribution in [0.15, 0.2) is 59.0 Å². The number of hydrogen-bond donors (Lipinski definition) is 1. The maximum Gasteiger partial charge on any atom is 0.335 e. The van der Waals surface area contributed by atoms with Crippen LogP contribution in [0.3, 0.4) is 0 Å². The Kier molecular flexibility index (Phi) is 4.87. The highest BCUT2D eigenvalue weighted by Gasteiger charge is 2.13. The molecule has 0 saturated carbocycles. The summed E-state index contributed by atoms with van der Waals surface area (Å²) in [5.74, 6) is -0.933. The monoisotopic (exact) mass is 367 g/mol. The van der Waals surface area contributed by atoms with Crippen molar-refractivity contribution in [2.45, 2.75) is 0 Å². The number of furan rings is 1. The molecule has 0 amide bonds. The molecule has 3 aromatic rings.